The van der Waals surface area contributed by atoms with E-state index in [0.717, 1.165) is 5.56 Å². The highest BCUT2D eigenvalue weighted by molar-refractivity contribution is 7.17. The zero-order chi connectivity index (χ0) is 23.7. The van der Waals surface area contributed by atoms with Crippen LogP contribution < -0.4 is 20.7 Å². The van der Waals surface area contributed by atoms with E-state index in [9.17, 15) is 9.59 Å². The van der Waals surface area contributed by atoms with Crippen molar-refractivity contribution < 1.29 is 14.0 Å². The molecule has 0 saturated carbocycles. The Balaban J connectivity index is 1.54. The van der Waals surface area contributed by atoms with E-state index in [4.69, 9.17) is 14.0 Å². The van der Waals surface area contributed by atoms with Crippen molar-refractivity contribution in [3.8, 4) is 22.9 Å². The highest BCUT2D eigenvalue weighted by atomic mass is 32.1. The Morgan fingerprint density at radius 2 is 1.74 bits per heavy atom. The molecule has 172 valence electrons. The van der Waals surface area contributed by atoms with Crippen LogP contribution in [0.4, 0.5) is 0 Å². The first-order chi connectivity index (χ1) is 16.6. The van der Waals surface area contributed by atoms with Gasteiger partial charge in [-0.15, -0.1) is 11.3 Å². The van der Waals surface area contributed by atoms with Crippen LogP contribution in [0.3, 0.4) is 0 Å². The molecule has 34 heavy (non-hydrogen) atoms. The average molecular weight is 477 g/mol. The van der Waals surface area contributed by atoms with Gasteiger partial charge in [0.2, 0.25) is 11.7 Å². The van der Waals surface area contributed by atoms with Crippen LogP contribution in [0.25, 0.3) is 21.6 Å². The van der Waals surface area contributed by atoms with Gasteiger partial charge in [0.05, 0.1) is 31.8 Å². The molecule has 5 rings (SSSR count). The highest BCUT2D eigenvalue weighted by Crippen LogP contribution is 2.27. The van der Waals surface area contributed by atoms with Crippen molar-refractivity contribution >= 4 is 21.6 Å². The predicted molar refractivity (Wildman–Crippen MR) is 128 cm³/mol. The number of benzene rings is 2. The van der Waals surface area contributed by atoms with Crippen LogP contribution in [0.1, 0.15) is 11.5 Å². The third-order valence-electron chi connectivity index (χ3n) is 5.45. The van der Waals surface area contributed by atoms with Crippen LogP contribution in [0.15, 0.2) is 74.1 Å². The van der Waals surface area contributed by atoms with Crippen LogP contribution >= 0.6 is 11.3 Å². The molecule has 0 amide bonds. The molecular formula is C24H20N4O5S. The number of para-hydroxylation sites is 1. The minimum atomic E-state index is -0.455. The number of hydrogen-bond donors (Lipinski definition) is 0. The second-order valence-electron chi connectivity index (χ2n) is 7.46. The molecule has 10 heteroatoms. The maximum Gasteiger partial charge on any atom is 0.332 e. The van der Waals surface area contributed by atoms with E-state index < -0.39 is 5.69 Å². The molecule has 0 radical (unpaired) electrons. The molecule has 3 heterocycles. The average Bonchev–Trinajstić information content (AvgIpc) is 3.55. The number of hydrogen-bond acceptors (Lipinski definition) is 8. The summed E-state index contributed by atoms with van der Waals surface area (Å²) in [5.41, 5.74) is 1.23. The molecule has 5 aromatic rings. The lowest BCUT2D eigenvalue weighted by atomic mass is 10.2. The van der Waals surface area contributed by atoms with Crippen LogP contribution in [0.2, 0.25) is 0 Å². The summed E-state index contributed by atoms with van der Waals surface area (Å²) in [6.07, 6.45) is 0. The Kier molecular flexibility index (Phi) is 5.72. The topological polar surface area (TPSA) is 101 Å². The van der Waals surface area contributed by atoms with E-state index in [1.165, 1.54) is 20.5 Å². The molecule has 0 bridgehead atoms. The number of methoxy groups -OCH3 is 2. The van der Waals surface area contributed by atoms with Gasteiger partial charge in [0.1, 0.15) is 22.7 Å². The molecule has 0 unspecified atom stereocenters. The first-order valence-corrected chi connectivity index (χ1v) is 11.3. The Morgan fingerprint density at radius 3 is 2.50 bits per heavy atom. The molecule has 0 saturated heterocycles. The van der Waals surface area contributed by atoms with Crippen molar-refractivity contribution in [2.24, 2.45) is 0 Å². The second kappa shape index (κ2) is 8.99. The zero-order valence-corrected chi connectivity index (χ0v) is 19.2. The highest BCUT2D eigenvalue weighted by Gasteiger charge is 2.18. The molecule has 0 N–H and O–H groups in total. The van der Waals surface area contributed by atoms with Crippen molar-refractivity contribution in [1.29, 1.82) is 0 Å². The summed E-state index contributed by atoms with van der Waals surface area (Å²) in [7, 11) is 3.15. The van der Waals surface area contributed by atoms with Gasteiger partial charge in [0.15, 0.2) is 0 Å². The van der Waals surface area contributed by atoms with Gasteiger partial charge in [0, 0.05) is 0 Å². The lowest BCUT2D eigenvalue weighted by molar-refractivity contribution is 0.369. The molecule has 0 aliphatic rings. The monoisotopic (exact) mass is 476 g/mol. The third kappa shape index (κ3) is 3.88. The van der Waals surface area contributed by atoms with Gasteiger partial charge >= 0.3 is 5.69 Å². The summed E-state index contributed by atoms with van der Waals surface area (Å²) in [5.74, 6) is 1.91. The summed E-state index contributed by atoms with van der Waals surface area (Å²) >= 11 is 1.29. The Hall–Kier alpha value is -4.18. The molecular weight excluding hydrogens is 456 g/mol. The van der Waals surface area contributed by atoms with Gasteiger partial charge in [0.25, 0.3) is 5.56 Å². The van der Waals surface area contributed by atoms with Crippen LogP contribution in [0.5, 0.6) is 11.5 Å². The van der Waals surface area contributed by atoms with Gasteiger partial charge in [-0.2, -0.15) is 4.98 Å². The largest absolute Gasteiger partial charge is 0.497 e. The third-order valence-corrected chi connectivity index (χ3v) is 6.34. The van der Waals surface area contributed by atoms with Crippen LogP contribution in [-0.2, 0) is 13.1 Å². The van der Waals surface area contributed by atoms with E-state index in [-0.39, 0.29) is 24.5 Å². The van der Waals surface area contributed by atoms with E-state index in [2.05, 4.69) is 10.1 Å². The standard InChI is InChI=1S/C24H20N4O5S/c1-31-16-9-7-15(8-10-16)13-28-23(29)21-18(11-12-34-21)27(24(28)30)14-20-25-22(26-33-20)17-5-3-4-6-19(17)32-2/h3-12H,13-14H2,1-2H3. The molecule has 0 spiro atoms. The van der Waals surface area contributed by atoms with Gasteiger partial charge in [-0.05, 0) is 41.3 Å². The zero-order valence-electron chi connectivity index (χ0n) is 18.4. The molecule has 0 aliphatic carbocycles. The van der Waals surface area contributed by atoms with Crippen LogP contribution in [0, 0.1) is 0 Å². The predicted octanol–water partition coefficient (Wildman–Crippen LogP) is 3.39. The molecule has 0 atom stereocenters. The van der Waals surface area contributed by atoms with Crippen molar-refractivity contribution in [3.05, 3.63) is 92.3 Å². The van der Waals surface area contributed by atoms with Crippen molar-refractivity contribution in [2.45, 2.75) is 13.1 Å². The molecule has 0 fully saturated rings. The number of thiophene rings is 1. The lowest BCUT2D eigenvalue weighted by Crippen LogP contribution is -2.40. The number of fused-ring (bicyclic) bond motifs is 1. The quantitative estimate of drug-likeness (QED) is 0.355. The smallest absolute Gasteiger partial charge is 0.332 e. The summed E-state index contributed by atoms with van der Waals surface area (Å²) < 4.78 is 19.2. The number of nitrogens with zero attached hydrogens (tertiary/aromatic N) is 4. The first-order valence-electron chi connectivity index (χ1n) is 10.4. The first kappa shape index (κ1) is 21.7. The normalized spacial score (nSPS) is 11.1. The lowest BCUT2D eigenvalue weighted by Gasteiger charge is -2.11. The van der Waals surface area contributed by atoms with E-state index in [0.29, 0.717) is 33.1 Å². The van der Waals surface area contributed by atoms with Crippen molar-refractivity contribution in [2.75, 3.05) is 14.2 Å². The van der Waals surface area contributed by atoms with Crippen molar-refractivity contribution in [3.63, 3.8) is 0 Å². The summed E-state index contributed by atoms with van der Waals surface area (Å²) in [6, 6.07) is 16.3. The van der Waals surface area contributed by atoms with Crippen LogP contribution in [-0.4, -0.2) is 33.5 Å². The number of aromatic nitrogens is 4. The SMILES string of the molecule is COc1ccc(Cn2c(=O)c3sccc3n(Cc3nc(-c4ccccc4OC)no3)c2=O)cc1. The van der Waals surface area contributed by atoms with Crippen molar-refractivity contribution in [1.82, 2.24) is 19.3 Å². The Labute approximate surface area is 197 Å². The van der Waals surface area contributed by atoms with E-state index in [1.807, 2.05) is 30.3 Å². The molecule has 3 aromatic heterocycles. The Morgan fingerprint density at radius 1 is 0.941 bits per heavy atom. The fourth-order valence-corrected chi connectivity index (χ4v) is 4.58. The Bertz CT molecular complexity index is 1580. The summed E-state index contributed by atoms with van der Waals surface area (Å²) in [4.78, 5) is 30.9. The number of rotatable bonds is 7. The fourth-order valence-electron chi connectivity index (χ4n) is 3.73. The second-order valence-corrected chi connectivity index (χ2v) is 8.37. The molecule has 2 aromatic carbocycles. The molecule has 9 nitrogen and oxygen atoms in total. The van der Waals surface area contributed by atoms with Gasteiger partial charge in [-0.25, -0.2) is 4.79 Å². The molecule has 0 aliphatic heterocycles. The minimum Gasteiger partial charge on any atom is -0.497 e. The summed E-state index contributed by atoms with van der Waals surface area (Å²) in [6.45, 7) is 0.156. The van der Waals surface area contributed by atoms with E-state index in [1.54, 1.807) is 43.9 Å². The maximum atomic E-state index is 13.4. The van der Waals surface area contributed by atoms with Gasteiger partial charge in [-0.1, -0.05) is 29.4 Å². The fraction of sp³-hybridized carbons (Fsp3) is 0.167. The minimum absolute atomic E-state index is 0.0249. The maximum absolute atomic E-state index is 13.4. The van der Waals surface area contributed by atoms with Gasteiger partial charge in [-0.3, -0.25) is 13.9 Å². The van der Waals surface area contributed by atoms with Gasteiger partial charge < -0.3 is 14.0 Å². The number of ether oxygens (including phenoxy) is 2. The summed E-state index contributed by atoms with van der Waals surface area (Å²) in [5, 5.41) is 5.84. The van der Waals surface area contributed by atoms with E-state index >= 15 is 0 Å².